The summed E-state index contributed by atoms with van der Waals surface area (Å²) in [6, 6.07) is 8.79. The van der Waals surface area contributed by atoms with E-state index in [4.69, 9.17) is 4.74 Å². The Morgan fingerprint density at radius 1 is 1.24 bits per heavy atom. The average Bonchev–Trinajstić information content (AvgIpc) is 2.35. The van der Waals surface area contributed by atoms with E-state index in [2.05, 4.69) is 43.2 Å². The predicted octanol–water partition coefficient (Wildman–Crippen LogP) is 2.12. The number of benzene rings is 1. The molecule has 0 saturated carbocycles. The minimum Gasteiger partial charge on any atom is -0.497 e. The highest BCUT2D eigenvalue weighted by molar-refractivity contribution is 5.26. The third-order valence-corrected chi connectivity index (χ3v) is 3.01. The number of likely N-dealkylation sites (N-methyl/N-ethyl adjacent to an activating group) is 1. The van der Waals surface area contributed by atoms with Crippen LogP contribution in [0.25, 0.3) is 0 Å². The molecule has 0 aliphatic carbocycles. The fraction of sp³-hybridized carbons (Fsp3) is 0.571. The van der Waals surface area contributed by atoms with Gasteiger partial charge in [-0.2, -0.15) is 0 Å². The molecule has 0 aliphatic rings. The second-order valence-corrected chi connectivity index (χ2v) is 4.60. The highest BCUT2D eigenvalue weighted by atomic mass is 16.5. The summed E-state index contributed by atoms with van der Waals surface area (Å²) in [4.78, 5) is 2.33. The van der Waals surface area contributed by atoms with Gasteiger partial charge in [0.25, 0.3) is 0 Å². The zero-order valence-corrected chi connectivity index (χ0v) is 11.4. The van der Waals surface area contributed by atoms with Crippen LogP contribution in [-0.2, 0) is 6.54 Å². The van der Waals surface area contributed by atoms with Gasteiger partial charge in [-0.3, -0.25) is 0 Å². The van der Waals surface area contributed by atoms with Gasteiger partial charge in [-0.25, -0.2) is 0 Å². The molecular weight excluding hydrogens is 212 g/mol. The molecule has 0 heterocycles. The lowest BCUT2D eigenvalue weighted by Crippen LogP contribution is -2.33. The standard InChI is InChI=1S/C14H24N2O/c1-12(2)16(3)10-9-15-11-13-5-7-14(17-4)8-6-13/h5-8,12,15H,9-11H2,1-4H3. The van der Waals surface area contributed by atoms with Crippen LogP contribution >= 0.6 is 0 Å². The molecule has 3 heteroatoms. The van der Waals surface area contributed by atoms with E-state index in [1.165, 1.54) is 5.56 Å². The van der Waals surface area contributed by atoms with Crippen molar-refractivity contribution in [1.29, 1.82) is 0 Å². The number of methoxy groups -OCH3 is 1. The van der Waals surface area contributed by atoms with Gasteiger partial charge in [0.2, 0.25) is 0 Å². The van der Waals surface area contributed by atoms with Crippen molar-refractivity contribution in [3.63, 3.8) is 0 Å². The molecule has 0 bridgehead atoms. The van der Waals surface area contributed by atoms with Crippen molar-refractivity contribution in [2.45, 2.75) is 26.4 Å². The number of nitrogens with zero attached hydrogens (tertiary/aromatic N) is 1. The summed E-state index contributed by atoms with van der Waals surface area (Å²) in [7, 11) is 3.84. The van der Waals surface area contributed by atoms with Crippen LogP contribution in [-0.4, -0.2) is 38.2 Å². The molecule has 1 aromatic rings. The molecular formula is C14H24N2O. The van der Waals surface area contributed by atoms with Gasteiger partial charge in [0.05, 0.1) is 7.11 Å². The van der Waals surface area contributed by atoms with Crippen molar-refractivity contribution >= 4 is 0 Å². The van der Waals surface area contributed by atoms with Crippen LogP contribution in [0.1, 0.15) is 19.4 Å². The Hall–Kier alpha value is -1.06. The van der Waals surface area contributed by atoms with Gasteiger partial charge in [-0.15, -0.1) is 0 Å². The van der Waals surface area contributed by atoms with Crippen LogP contribution in [0.15, 0.2) is 24.3 Å². The van der Waals surface area contributed by atoms with Crippen LogP contribution in [0.3, 0.4) is 0 Å². The van der Waals surface area contributed by atoms with Crippen molar-refractivity contribution in [1.82, 2.24) is 10.2 Å². The number of rotatable bonds is 7. The molecule has 1 rings (SSSR count). The summed E-state index contributed by atoms with van der Waals surface area (Å²) in [5.41, 5.74) is 1.29. The topological polar surface area (TPSA) is 24.5 Å². The number of hydrogen-bond acceptors (Lipinski definition) is 3. The quantitative estimate of drug-likeness (QED) is 0.734. The first-order valence-corrected chi connectivity index (χ1v) is 6.17. The van der Waals surface area contributed by atoms with Crippen molar-refractivity contribution in [3.05, 3.63) is 29.8 Å². The Morgan fingerprint density at radius 3 is 2.41 bits per heavy atom. The maximum Gasteiger partial charge on any atom is 0.118 e. The molecule has 0 atom stereocenters. The lowest BCUT2D eigenvalue weighted by Gasteiger charge is -2.20. The van der Waals surface area contributed by atoms with E-state index in [1.807, 2.05) is 12.1 Å². The zero-order chi connectivity index (χ0) is 12.7. The SMILES string of the molecule is COc1ccc(CNCCN(C)C(C)C)cc1. The van der Waals surface area contributed by atoms with Gasteiger partial charge in [-0.1, -0.05) is 12.1 Å². The maximum absolute atomic E-state index is 5.13. The second kappa shape index (κ2) is 7.30. The minimum atomic E-state index is 0.609. The third-order valence-electron chi connectivity index (χ3n) is 3.01. The Kier molecular flexibility index (Phi) is 6.01. The van der Waals surface area contributed by atoms with Gasteiger partial charge in [0.15, 0.2) is 0 Å². The fourth-order valence-electron chi connectivity index (χ4n) is 1.49. The molecule has 0 spiro atoms. The van der Waals surface area contributed by atoms with Gasteiger partial charge >= 0.3 is 0 Å². The molecule has 3 nitrogen and oxygen atoms in total. The Bertz CT molecular complexity index is 309. The molecule has 0 unspecified atom stereocenters. The Labute approximate surface area is 105 Å². The van der Waals surface area contributed by atoms with Crippen molar-refractivity contribution < 1.29 is 4.74 Å². The molecule has 0 aromatic heterocycles. The van der Waals surface area contributed by atoms with Crippen LogP contribution < -0.4 is 10.1 Å². The zero-order valence-electron chi connectivity index (χ0n) is 11.4. The summed E-state index contributed by atoms with van der Waals surface area (Å²) in [6.07, 6.45) is 0. The fourth-order valence-corrected chi connectivity index (χ4v) is 1.49. The van der Waals surface area contributed by atoms with E-state index in [0.29, 0.717) is 6.04 Å². The van der Waals surface area contributed by atoms with E-state index in [9.17, 15) is 0 Å². The third kappa shape index (κ3) is 5.20. The normalized spacial score (nSPS) is 11.2. The van der Waals surface area contributed by atoms with Crippen LogP contribution in [0.2, 0.25) is 0 Å². The van der Waals surface area contributed by atoms with Crippen molar-refractivity contribution in [3.8, 4) is 5.75 Å². The smallest absolute Gasteiger partial charge is 0.118 e. The first-order valence-electron chi connectivity index (χ1n) is 6.17. The van der Waals surface area contributed by atoms with Crippen LogP contribution in [0.4, 0.5) is 0 Å². The van der Waals surface area contributed by atoms with Gasteiger partial charge in [-0.05, 0) is 38.6 Å². The maximum atomic E-state index is 5.13. The second-order valence-electron chi connectivity index (χ2n) is 4.60. The molecule has 0 aliphatic heterocycles. The highest BCUT2D eigenvalue weighted by Crippen LogP contribution is 2.10. The van der Waals surface area contributed by atoms with Gasteiger partial charge < -0.3 is 15.0 Å². The van der Waals surface area contributed by atoms with E-state index < -0.39 is 0 Å². The van der Waals surface area contributed by atoms with Gasteiger partial charge in [0.1, 0.15) is 5.75 Å². The lowest BCUT2D eigenvalue weighted by molar-refractivity contribution is 0.273. The monoisotopic (exact) mass is 236 g/mol. The first-order chi connectivity index (χ1) is 8.13. The Morgan fingerprint density at radius 2 is 1.88 bits per heavy atom. The molecule has 0 fully saturated rings. The van der Waals surface area contributed by atoms with Crippen molar-refractivity contribution in [2.24, 2.45) is 0 Å². The minimum absolute atomic E-state index is 0.609. The number of nitrogens with one attached hydrogen (secondary N) is 1. The molecule has 1 aromatic carbocycles. The number of hydrogen-bond donors (Lipinski definition) is 1. The van der Waals surface area contributed by atoms with E-state index >= 15 is 0 Å². The van der Waals surface area contributed by atoms with Crippen LogP contribution in [0.5, 0.6) is 5.75 Å². The Balaban J connectivity index is 2.22. The van der Waals surface area contributed by atoms with Gasteiger partial charge in [0, 0.05) is 25.7 Å². The highest BCUT2D eigenvalue weighted by Gasteiger charge is 2.01. The molecule has 96 valence electrons. The molecule has 1 N–H and O–H groups in total. The molecule has 17 heavy (non-hydrogen) atoms. The molecule has 0 saturated heterocycles. The van der Waals surface area contributed by atoms with Crippen LogP contribution in [0, 0.1) is 0 Å². The van der Waals surface area contributed by atoms with Crippen molar-refractivity contribution in [2.75, 3.05) is 27.2 Å². The van der Waals surface area contributed by atoms with E-state index in [0.717, 1.165) is 25.4 Å². The number of ether oxygens (including phenoxy) is 1. The summed E-state index contributed by atoms with van der Waals surface area (Å²) in [5.74, 6) is 0.910. The first kappa shape index (κ1) is 14.0. The predicted molar refractivity (Wildman–Crippen MR) is 72.5 cm³/mol. The summed E-state index contributed by atoms with van der Waals surface area (Å²) in [5, 5.41) is 3.44. The van der Waals surface area contributed by atoms with E-state index in [1.54, 1.807) is 7.11 Å². The summed E-state index contributed by atoms with van der Waals surface area (Å²) in [6.45, 7) is 7.43. The largest absolute Gasteiger partial charge is 0.497 e. The molecule has 0 radical (unpaired) electrons. The molecule has 0 amide bonds. The van der Waals surface area contributed by atoms with E-state index in [-0.39, 0.29) is 0 Å². The average molecular weight is 236 g/mol. The lowest BCUT2D eigenvalue weighted by atomic mass is 10.2. The summed E-state index contributed by atoms with van der Waals surface area (Å²) >= 11 is 0. The summed E-state index contributed by atoms with van der Waals surface area (Å²) < 4.78 is 5.13.